The predicted octanol–water partition coefficient (Wildman–Crippen LogP) is 0.875. The number of nitro groups is 1. The molecule has 0 aliphatic carbocycles. The Morgan fingerprint density at radius 3 is 2.54 bits per heavy atom. The van der Waals surface area contributed by atoms with Crippen LogP contribution in [0.5, 0.6) is 0 Å². The van der Waals surface area contributed by atoms with Crippen molar-refractivity contribution in [3.63, 3.8) is 0 Å². The van der Waals surface area contributed by atoms with E-state index in [1.165, 1.54) is 12.1 Å². The second-order valence-corrected chi connectivity index (χ2v) is 2.30. The molecule has 68 valence electrons. The molecule has 0 heterocycles. The maximum Gasteiger partial charge on any atom is 0.344 e. The summed E-state index contributed by atoms with van der Waals surface area (Å²) in [7, 11) is 0. The number of carbonyl (C=O) groups is 1. The van der Waals surface area contributed by atoms with Crippen molar-refractivity contribution in [1.82, 2.24) is 0 Å². The highest BCUT2D eigenvalue weighted by atomic mass is 16.7. The molecule has 0 aliphatic rings. The van der Waals surface area contributed by atoms with Crippen LogP contribution in [-0.4, -0.2) is 16.0 Å². The topological polar surface area (TPSA) is 106 Å². The Morgan fingerprint density at radius 2 is 2.15 bits per heavy atom. The zero-order valence-corrected chi connectivity index (χ0v) is 6.43. The summed E-state index contributed by atoms with van der Waals surface area (Å²) in [6, 6.07) is 3.73. The van der Waals surface area contributed by atoms with Crippen molar-refractivity contribution in [3.8, 4) is 0 Å². The number of nitro benzene ring substituents is 1. The van der Waals surface area contributed by atoms with Crippen molar-refractivity contribution in [3.05, 3.63) is 33.9 Å². The van der Waals surface area contributed by atoms with Crippen LogP contribution in [0.1, 0.15) is 10.4 Å². The van der Waals surface area contributed by atoms with Gasteiger partial charge in [-0.2, -0.15) is 0 Å². The van der Waals surface area contributed by atoms with E-state index in [4.69, 9.17) is 10.8 Å². The summed E-state index contributed by atoms with van der Waals surface area (Å²) in [5, 5.41) is 19.0. The molecule has 0 saturated carbocycles. The van der Waals surface area contributed by atoms with Crippen molar-refractivity contribution < 1.29 is 14.8 Å². The standard InChI is InChI=1S/C7H6N2O4/c8-4-2-1-3-5(9(12)13)6(4)7(10)11/h1-3H,8H2,(H,10,11)/i1+2,2+2,3+2,4+2,5+2,6+2. The van der Waals surface area contributed by atoms with Gasteiger partial charge in [-0.3, -0.25) is 10.1 Å². The second kappa shape index (κ2) is 3.10. The van der Waals surface area contributed by atoms with Crippen LogP contribution >= 0.6 is 0 Å². The number of hydrogen-bond donors (Lipinski definition) is 2. The highest BCUT2D eigenvalue weighted by Gasteiger charge is 2.21. The number of carboxylic acids is 1. The van der Waals surface area contributed by atoms with Gasteiger partial charge in [0.2, 0.25) is 0 Å². The van der Waals surface area contributed by atoms with E-state index in [0.29, 0.717) is 0 Å². The predicted molar refractivity (Wildman–Crippen MR) is 44.5 cm³/mol. The van der Waals surface area contributed by atoms with E-state index >= 15 is 0 Å². The minimum absolute atomic E-state index is 0.110. The fourth-order valence-corrected chi connectivity index (χ4v) is 0.943. The molecule has 13 heavy (non-hydrogen) atoms. The van der Waals surface area contributed by atoms with Gasteiger partial charge < -0.3 is 10.8 Å². The Morgan fingerprint density at radius 1 is 1.54 bits per heavy atom. The molecular weight excluding hydrogens is 188 g/mol. The van der Waals surface area contributed by atoms with Crippen LogP contribution in [0, 0.1) is 10.1 Å². The molecule has 1 rings (SSSR count). The lowest BCUT2D eigenvalue weighted by Gasteiger charge is -2.00. The molecule has 0 unspecified atom stereocenters. The number of nitrogens with zero attached hydrogens (tertiary/aromatic N) is 1. The Bertz CT molecular complexity index is 375. The second-order valence-electron chi connectivity index (χ2n) is 2.30. The first-order chi connectivity index (χ1) is 6.04. The van der Waals surface area contributed by atoms with Gasteiger partial charge in [-0.15, -0.1) is 0 Å². The van der Waals surface area contributed by atoms with Gasteiger partial charge in [0.05, 0.1) is 10.6 Å². The quantitative estimate of drug-likeness (QED) is 0.412. The highest BCUT2D eigenvalue weighted by molar-refractivity contribution is 5.98. The first-order valence-electron chi connectivity index (χ1n) is 3.30. The SMILES string of the molecule is N[14c]1[14cH][14cH][14cH][14c]([N+](=O)[O-])[14c]1C(=O)O. The number of nitrogen functional groups attached to an aromatic ring is 1. The lowest BCUT2D eigenvalue weighted by Crippen LogP contribution is -2.06. The van der Waals surface area contributed by atoms with Crippen LogP contribution in [0.2, 0.25) is 0 Å². The van der Waals surface area contributed by atoms with E-state index < -0.39 is 22.1 Å². The first-order valence-corrected chi connectivity index (χ1v) is 3.30. The molecule has 0 aliphatic heterocycles. The molecular formula is C7H6N2O4. The number of nitrogens with two attached hydrogens (primary N) is 1. The molecule has 0 aromatic heterocycles. The van der Waals surface area contributed by atoms with E-state index in [0.717, 1.165) is 6.07 Å². The van der Waals surface area contributed by atoms with Crippen LogP contribution in [0.15, 0.2) is 18.2 Å². The Hall–Kier alpha value is -2.11. The van der Waals surface area contributed by atoms with E-state index in [1.807, 2.05) is 0 Å². The lowest BCUT2D eigenvalue weighted by molar-refractivity contribution is -0.385. The molecule has 0 saturated heterocycles. The Kier molecular flexibility index (Phi) is 2.14. The number of anilines is 1. The normalized spacial score (nSPS) is 9.54. The molecule has 0 radical (unpaired) electrons. The third-order valence-corrected chi connectivity index (χ3v) is 1.49. The molecule has 0 spiro atoms. The van der Waals surface area contributed by atoms with E-state index in [2.05, 4.69) is 0 Å². The summed E-state index contributed by atoms with van der Waals surface area (Å²) < 4.78 is 0. The van der Waals surface area contributed by atoms with Crippen molar-refractivity contribution in [2.75, 3.05) is 5.73 Å². The van der Waals surface area contributed by atoms with Crippen molar-refractivity contribution in [2.45, 2.75) is 0 Å². The van der Waals surface area contributed by atoms with Crippen LogP contribution in [0.4, 0.5) is 11.4 Å². The summed E-state index contributed by atoms with van der Waals surface area (Å²) in [4.78, 5) is 20.1. The summed E-state index contributed by atoms with van der Waals surface area (Å²) in [5.74, 6) is -1.40. The van der Waals surface area contributed by atoms with E-state index in [1.54, 1.807) is 0 Å². The van der Waals surface area contributed by atoms with Crippen LogP contribution in [-0.2, 0) is 0 Å². The van der Waals surface area contributed by atoms with Gasteiger partial charge in [0.15, 0.2) is 5.56 Å². The molecule has 0 bridgehead atoms. The summed E-state index contributed by atoms with van der Waals surface area (Å²) in [6.07, 6.45) is 0. The molecule has 1 aromatic carbocycles. The van der Waals surface area contributed by atoms with Crippen molar-refractivity contribution in [1.29, 1.82) is 0 Å². The largest absolute Gasteiger partial charge is 0.477 e. The van der Waals surface area contributed by atoms with Gasteiger partial charge in [0, 0.05) is 6.07 Å². The van der Waals surface area contributed by atoms with E-state index in [9.17, 15) is 14.9 Å². The minimum Gasteiger partial charge on any atom is -0.477 e. The zero-order chi connectivity index (χ0) is 10.0. The minimum atomic E-state index is -1.40. The summed E-state index contributed by atoms with van der Waals surface area (Å²) >= 11 is 0. The molecule has 0 fully saturated rings. The average Bonchev–Trinajstić information content (AvgIpc) is 2.02. The summed E-state index contributed by atoms with van der Waals surface area (Å²) in [6.45, 7) is 0. The third-order valence-electron chi connectivity index (χ3n) is 1.49. The maximum atomic E-state index is 10.6. The number of aromatic carboxylic acids is 1. The fraction of sp³-hybridized carbons (Fsp3) is 0. The molecule has 6 nitrogen and oxygen atoms in total. The van der Waals surface area contributed by atoms with Crippen LogP contribution in [0.25, 0.3) is 0 Å². The number of carboxylic acid groups (broad SMARTS) is 1. The van der Waals surface area contributed by atoms with Gasteiger partial charge in [-0.1, -0.05) is 6.07 Å². The zero-order valence-electron chi connectivity index (χ0n) is 6.43. The van der Waals surface area contributed by atoms with Crippen molar-refractivity contribution >= 4 is 17.3 Å². The van der Waals surface area contributed by atoms with Gasteiger partial charge >= 0.3 is 5.97 Å². The average molecular weight is 194 g/mol. The molecule has 1 aromatic rings. The van der Waals surface area contributed by atoms with Crippen LogP contribution < -0.4 is 5.73 Å². The lowest BCUT2D eigenvalue weighted by atomic mass is 11.2. The molecule has 0 atom stereocenters. The summed E-state index contributed by atoms with van der Waals surface area (Å²) in [5.41, 5.74) is 4.21. The van der Waals surface area contributed by atoms with Gasteiger partial charge in [0.25, 0.3) is 5.69 Å². The van der Waals surface area contributed by atoms with Gasteiger partial charge in [-0.05, 0) is 6.07 Å². The maximum absolute atomic E-state index is 10.6. The highest BCUT2D eigenvalue weighted by Crippen LogP contribution is 2.23. The number of benzene rings is 1. The molecule has 6 heteroatoms. The van der Waals surface area contributed by atoms with E-state index in [-0.39, 0.29) is 5.69 Å². The fourth-order valence-electron chi connectivity index (χ4n) is 0.943. The Labute approximate surface area is 72.7 Å². The number of rotatable bonds is 2. The third kappa shape index (κ3) is 1.56. The molecule has 3 N–H and O–H groups in total. The molecule has 0 amide bonds. The number of hydrogen-bond acceptors (Lipinski definition) is 4. The first kappa shape index (κ1) is 8.98. The monoisotopic (exact) mass is 194 g/mol. The Balaban J connectivity index is 3.43. The van der Waals surface area contributed by atoms with Gasteiger partial charge in [0.1, 0.15) is 0 Å². The van der Waals surface area contributed by atoms with Gasteiger partial charge in [-0.25, -0.2) is 4.79 Å². The van der Waals surface area contributed by atoms with Crippen LogP contribution in [0.3, 0.4) is 0 Å². The van der Waals surface area contributed by atoms with Crippen molar-refractivity contribution in [2.24, 2.45) is 0 Å². The smallest absolute Gasteiger partial charge is 0.344 e.